The Morgan fingerprint density at radius 3 is 2.11 bits per heavy atom. The third-order valence-corrected chi connectivity index (χ3v) is 5.42. The van der Waals surface area contributed by atoms with Gasteiger partial charge in [0.2, 0.25) is 0 Å². The number of aryl methyl sites for hydroxylation is 1. The summed E-state index contributed by atoms with van der Waals surface area (Å²) >= 11 is 1.58. The van der Waals surface area contributed by atoms with Gasteiger partial charge in [0.25, 0.3) is 11.8 Å². The van der Waals surface area contributed by atoms with Gasteiger partial charge in [-0.1, -0.05) is 6.07 Å². The number of benzene rings is 2. The molecular formula is C20H20F2N2O2S. The lowest BCUT2D eigenvalue weighted by atomic mass is 10.1. The molecule has 2 aromatic rings. The summed E-state index contributed by atoms with van der Waals surface area (Å²) in [4.78, 5) is 29.6. The second-order valence-corrected chi connectivity index (χ2v) is 7.27. The molecule has 1 heterocycles. The van der Waals surface area contributed by atoms with E-state index in [-0.39, 0.29) is 17.4 Å². The minimum atomic E-state index is -1.04. The van der Waals surface area contributed by atoms with Crippen molar-refractivity contribution >= 4 is 23.6 Å². The lowest BCUT2D eigenvalue weighted by Crippen LogP contribution is -2.50. The van der Waals surface area contributed by atoms with Crippen molar-refractivity contribution in [1.29, 1.82) is 0 Å². The summed E-state index contributed by atoms with van der Waals surface area (Å²) in [7, 11) is 0. The van der Waals surface area contributed by atoms with E-state index in [1.165, 1.54) is 6.07 Å². The maximum absolute atomic E-state index is 13.4. The molecule has 3 rings (SSSR count). The van der Waals surface area contributed by atoms with Gasteiger partial charge in [0.15, 0.2) is 11.6 Å². The number of carbonyl (C=O) groups is 2. The van der Waals surface area contributed by atoms with Crippen molar-refractivity contribution in [3.63, 3.8) is 0 Å². The summed E-state index contributed by atoms with van der Waals surface area (Å²) in [6.07, 6.45) is 1.96. The predicted octanol–water partition coefficient (Wildman–Crippen LogP) is 3.59. The highest BCUT2D eigenvalue weighted by Crippen LogP contribution is 2.21. The molecule has 1 fully saturated rings. The number of carbonyl (C=O) groups excluding carboxylic acids is 2. The molecule has 0 N–H and O–H groups in total. The van der Waals surface area contributed by atoms with E-state index in [9.17, 15) is 18.4 Å². The molecule has 0 aromatic heterocycles. The van der Waals surface area contributed by atoms with E-state index in [0.717, 1.165) is 22.6 Å². The van der Waals surface area contributed by atoms with Gasteiger partial charge in [-0.15, -0.1) is 11.8 Å². The SMILES string of the molecule is CSc1ccc(C)c(C(=O)N2CCN(C(=O)c3ccc(F)c(F)c3)CC2)c1. The molecule has 4 nitrogen and oxygen atoms in total. The van der Waals surface area contributed by atoms with Crippen molar-refractivity contribution in [3.8, 4) is 0 Å². The van der Waals surface area contributed by atoms with E-state index in [1.807, 2.05) is 31.4 Å². The highest BCUT2D eigenvalue weighted by molar-refractivity contribution is 7.98. The Bertz CT molecular complexity index is 880. The van der Waals surface area contributed by atoms with Gasteiger partial charge in [0.05, 0.1) is 0 Å². The average Bonchev–Trinajstić information content (AvgIpc) is 2.69. The van der Waals surface area contributed by atoms with Crippen LogP contribution in [0.25, 0.3) is 0 Å². The van der Waals surface area contributed by atoms with Gasteiger partial charge >= 0.3 is 0 Å². The van der Waals surface area contributed by atoms with Crippen LogP contribution in [0.15, 0.2) is 41.3 Å². The van der Waals surface area contributed by atoms with Crippen LogP contribution in [0, 0.1) is 18.6 Å². The van der Waals surface area contributed by atoms with Gasteiger partial charge in [-0.2, -0.15) is 0 Å². The lowest BCUT2D eigenvalue weighted by Gasteiger charge is -2.35. The molecule has 1 aliphatic heterocycles. The molecule has 1 aliphatic rings. The molecule has 0 unspecified atom stereocenters. The summed E-state index contributed by atoms with van der Waals surface area (Å²) in [6.45, 7) is 3.41. The van der Waals surface area contributed by atoms with Crippen LogP contribution in [0.5, 0.6) is 0 Å². The van der Waals surface area contributed by atoms with Gasteiger partial charge in [-0.25, -0.2) is 8.78 Å². The molecule has 2 aromatic carbocycles. The van der Waals surface area contributed by atoms with Crippen molar-refractivity contribution in [2.24, 2.45) is 0 Å². The zero-order chi connectivity index (χ0) is 19.6. The third-order valence-electron chi connectivity index (χ3n) is 4.70. The quantitative estimate of drug-likeness (QED) is 0.752. The summed E-state index contributed by atoms with van der Waals surface area (Å²) < 4.78 is 26.4. The molecular weight excluding hydrogens is 370 g/mol. The van der Waals surface area contributed by atoms with E-state index < -0.39 is 11.6 Å². The third kappa shape index (κ3) is 4.13. The maximum Gasteiger partial charge on any atom is 0.254 e. The summed E-state index contributed by atoms with van der Waals surface area (Å²) in [5.74, 6) is -2.44. The molecule has 0 radical (unpaired) electrons. The van der Waals surface area contributed by atoms with Gasteiger partial charge in [0, 0.05) is 42.2 Å². The Morgan fingerprint density at radius 2 is 1.52 bits per heavy atom. The van der Waals surface area contributed by atoms with Gasteiger partial charge in [-0.05, 0) is 49.1 Å². The van der Waals surface area contributed by atoms with E-state index in [1.54, 1.807) is 21.6 Å². The Balaban J connectivity index is 1.67. The molecule has 1 saturated heterocycles. The summed E-state index contributed by atoms with van der Waals surface area (Å²) in [6, 6.07) is 8.93. The van der Waals surface area contributed by atoms with Crippen LogP contribution in [0.2, 0.25) is 0 Å². The number of thioether (sulfide) groups is 1. The number of amides is 2. The molecule has 7 heteroatoms. The normalized spacial score (nSPS) is 14.4. The van der Waals surface area contributed by atoms with Crippen molar-refractivity contribution < 1.29 is 18.4 Å². The number of halogens is 2. The Hall–Kier alpha value is -2.41. The van der Waals surface area contributed by atoms with Gasteiger partial charge in [-0.3, -0.25) is 9.59 Å². The van der Waals surface area contributed by atoms with Crippen molar-refractivity contribution in [2.45, 2.75) is 11.8 Å². The standard InChI is InChI=1S/C20H20F2N2O2S/c1-13-3-5-15(27-2)12-16(13)20(26)24-9-7-23(8-10-24)19(25)14-4-6-17(21)18(22)11-14/h3-6,11-12H,7-10H2,1-2H3. The first-order valence-corrected chi connectivity index (χ1v) is 9.81. The van der Waals surface area contributed by atoms with Crippen LogP contribution < -0.4 is 0 Å². The van der Waals surface area contributed by atoms with Crippen molar-refractivity contribution in [3.05, 3.63) is 64.7 Å². The highest BCUT2D eigenvalue weighted by Gasteiger charge is 2.26. The maximum atomic E-state index is 13.4. The second-order valence-electron chi connectivity index (χ2n) is 6.39. The zero-order valence-electron chi connectivity index (χ0n) is 15.2. The minimum absolute atomic E-state index is 0.0525. The van der Waals surface area contributed by atoms with Crippen LogP contribution in [0.3, 0.4) is 0 Å². The van der Waals surface area contributed by atoms with Gasteiger partial charge < -0.3 is 9.80 Å². The van der Waals surface area contributed by atoms with Crippen LogP contribution in [-0.4, -0.2) is 54.0 Å². The van der Waals surface area contributed by atoms with Crippen LogP contribution in [0.4, 0.5) is 8.78 Å². The fraction of sp³-hybridized carbons (Fsp3) is 0.300. The van der Waals surface area contributed by atoms with E-state index in [4.69, 9.17) is 0 Å². The molecule has 2 amide bonds. The number of piperazine rings is 1. The Morgan fingerprint density at radius 1 is 0.889 bits per heavy atom. The summed E-state index contributed by atoms with van der Waals surface area (Å²) in [5, 5.41) is 0. The number of hydrogen-bond donors (Lipinski definition) is 0. The second kappa shape index (κ2) is 8.08. The topological polar surface area (TPSA) is 40.6 Å². The summed E-state index contributed by atoms with van der Waals surface area (Å²) in [5.41, 5.74) is 1.69. The van der Waals surface area contributed by atoms with Crippen molar-refractivity contribution in [1.82, 2.24) is 9.80 Å². The largest absolute Gasteiger partial charge is 0.335 e. The Kier molecular flexibility index (Phi) is 5.79. The fourth-order valence-electron chi connectivity index (χ4n) is 3.05. The van der Waals surface area contributed by atoms with E-state index in [0.29, 0.717) is 31.7 Å². The minimum Gasteiger partial charge on any atom is -0.335 e. The van der Waals surface area contributed by atoms with E-state index >= 15 is 0 Å². The molecule has 0 spiro atoms. The van der Waals surface area contributed by atoms with Crippen LogP contribution in [-0.2, 0) is 0 Å². The number of nitrogens with zero attached hydrogens (tertiary/aromatic N) is 2. The molecule has 27 heavy (non-hydrogen) atoms. The number of hydrogen-bond acceptors (Lipinski definition) is 3. The molecule has 0 atom stereocenters. The van der Waals surface area contributed by atoms with Crippen molar-refractivity contribution in [2.75, 3.05) is 32.4 Å². The predicted molar refractivity (Wildman–Crippen MR) is 101 cm³/mol. The van der Waals surface area contributed by atoms with Crippen LogP contribution in [0.1, 0.15) is 26.3 Å². The Labute approximate surface area is 161 Å². The average molecular weight is 390 g/mol. The zero-order valence-corrected chi connectivity index (χ0v) is 16.0. The van der Waals surface area contributed by atoms with Crippen LogP contribution >= 0.6 is 11.8 Å². The van der Waals surface area contributed by atoms with E-state index in [2.05, 4.69) is 0 Å². The fourth-order valence-corrected chi connectivity index (χ4v) is 3.49. The first-order chi connectivity index (χ1) is 12.9. The molecule has 142 valence electrons. The highest BCUT2D eigenvalue weighted by atomic mass is 32.2. The molecule has 0 bridgehead atoms. The smallest absolute Gasteiger partial charge is 0.254 e. The lowest BCUT2D eigenvalue weighted by molar-refractivity contribution is 0.0534. The first kappa shape index (κ1) is 19.4. The monoisotopic (exact) mass is 390 g/mol. The van der Waals surface area contributed by atoms with Gasteiger partial charge in [0.1, 0.15) is 0 Å². The molecule has 0 aliphatic carbocycles. The molecule has 0 saturated carbocycles. The first-order valence-electron chi connectivity index (χ1n) is 8.59. The number of rotatable bonds is 3.